The number of carbonyl (C=O) groups is 2. The summed E-state index contributed by atoms with van der Waals surface area (Å²) in [5.74, 6) is -1.42. The van der Waals surface area contributed by atoms with Crippen molar-refractivity contribution in [1.29, 1.82) is 0 Å². The summed E-state index contributed by atoms with van der Waals surface area (Å²) in [4.78, 5) is 25.4. The van der Waals surface area contributed by atoms with Gasteiger partial charge in [0.25, 0.3) is 0 Å². The van der Waals surface area contributed by atoms with Gasteiger partial charge in [0.2, 0.25) is 5.91 Å². The Labute approximate surface area is 118 Å². The van der Waals surface area contributed by atoms with Crippen LogP contribution in [0.3, 0.4) is 0 Å². The average Bonchev–Trinajstić information content (AvgIpc) is 2.46. The molecule has 0 saturated carbocycles. The van der Waals surface area contributed by atoms with E-state index in [0.29, 0.717) is 19.4 Å². The number of hydrogen-bond acceptors (Lipinski definition) is 3. The maximum atomic E-state index is 12.5. The van der Waals surface area contributed by atoms with Crippen molar-refractivity contribution in [3.05, 3.63) is 35.4 Å². The molecule has 5 heteroatoms. The summed E-state index contributed by atoms with van der Waals surface area (Å²) in [5.41, 5.74) is 7.64. The second kappa shape index (κ2) is 6.05. The van der Waals surface area contributed by atoms with Gasteiger partial charge < -0.3 is 15.7 Å². The molecule has 0 spiro atoms. The van der Waals surface area contributed by atoms with E-state index in [0.717, 1.165) is 11.1 Å². The molecule has 1 aliphatic heterocycles. The number of amides is 1. The van der Waals surface area contributed by atoms with Gasteiger partial charge >= 0.3 is 5.97 Å². The summed E-state index contributed by atoms with van der Waals surface area (Å²) in [6.07, 6.45) is 0.984. The SMILES string of the molecule is CCC(CN)C(=O)N1Cc2ccccc2CC1C(=O)O. The van der Waals surface area contributed by atoms with Crippen LogP contribution in [0.4, 0.5) is 0 Å². The fourth-order valence-corrected chi connectivity index (χ4v) is 2.65. The van der Waals surface area contributed by atoms with Crippen LogP contribution in [0.2, 0.25) is 0 Å². The third kappa shape index (κ3) is 2.67. The molecule has 0 bridgehead atoms. The molecule has 108 valence electrons. The van der Waals surface area contributed by atoms with E-state index in [1.54, 1.807) is 0 Å². The van der Waals surface area contributed by atoms with Gasteiger partial charge in [-0.2, -0.15) is 0 Å². The molecule has 2 rings (SSSR count). The molecule has 1 aliphatic rings. The van der Waals surface area contributed by atoms with Gasteiger partial charge in [-0.05, 0) is 17.5 Å². The highest BCUT2D eigenvalue weighted by Crippen LogP contribution is 2.25. The van der Waals surface area contributed by atoms with Crippen LogP contribution in [0.5, 0.6) is 0 Å². The number of aliphatic carboxylic acids is 1. The second-order valence-corrected chi connectivity index (χ2v) is 5.13. The minimum atomic E-state index is -0.959. The van der Waals surface area contributed by atoms with E-state index >= 15 is 0 Å². The Morgan fingerprint density at radius 3 is 2.60 bits per heavy atom. The summed E-state index contributed by atoms with van der Waals surface area (Å²) >= 11 is 0. The van der Waals surface area contributed by atoms with Gasteiger partial charge in [0.15, 0.2) is 0 Å². The number of carboxylic acids is 1. The first-order valence-electron chi connectivity index (χ1n) is 6.88. The first-order chi connectivity index (χ1) is 9.58. The second-order valence-electron chi connectivity index (χ2n) is 5.13. The van der Waals surface area contributed by atoms with Gasteiger partial charge in [-0.15, -0.1) is 0 Å². The smallest absolute Gasteiger partial charge is 0.326 e. The third-order valence-electron chi connectivity index (χ3n) is 3.94. The lowest BCUT2D eigenvalue weighted by atomic mass is 9.92. The number of rotatable bonds is 4. The summed E-state index contributed by atoms with van der Waals surface area (Å²) in [7, 11) is 0. The molecule has 1 heterocycles. The highest BCUT2D eigenvalue weighted by molar-refractivity contribution is 5.86. The molecule has 1 aromatic rings. The number of hydrogen-bond donors (Lipinski definition) is 2. The molecule has 0 aromatic heterocycles. The molecule has 20 heavy (non-hydrogen) atoms. The molecule has 5 nitrogen and oxygen atoms in total. The van der Waals surface area contributed by atoms with Gasteiger partial charge in [0.05, 0.1) is 5.92 Å². The number of fused-ring (bicyclic) bond motifs is 1. The summed E-state index contributed by atoms with van der Waals surface area (Å²) < 4.78 is 0. The van der Waals surface area contributed by atoms with Crippen molar-refractivity contribution < 1.29 is 14.7 Å². The first kappa shape index (κ1) is 14.5. The Hall–Kier alpha value is -1.88. The van der Waals surface area contributed by atoms with E-state index in [9.17, 15) is 14.7 Å². The van der Waals surface area contributed by atoms with Crippen molar-refractivity contribution in [2.45, 2.75) is 32.4 Å². The third-order valence-corrected chi connectivity index (χ3v) is 3.94. The Morgan fingerprint density at radius 2 is 2.05 bits per heavy atom. The van der Waals surface area contributed by atoms with Crippen LogP contribution >= 0.6 is 0 Å². The standard InChI is InChI=1S/C15H20N2O3/c1-2-10(8-16)14(18)17-9-12-6-4-3-5-11(12)7-13(17)15(19)20/h3-6,10,13H,2,7-9,16H2,1H3,(H,19,20). The van der Waals surface area contributed by atoms with Crippen LogP contribution in [-0.4, -0.2) is 34.5 Å². The van der Waals surface area contributed by atoms with Gasteiger partial charge in [-0.3, -0.25) is 4.79 Å². The lowest BCUT2D eigenvalue weighted by Gasteiger charge is -2.36. The average molecular weight is 276 g/mol. The van der Waals surface area contributed by atoms with Crippen LogP contribution < -0.4 is 5.73 Å². The number of carbonyl (C=O) groups excluding carboxylic acids is 1. The summed E-state index contributed by atoms with van der Waals surface area (Å²) in [5, 5.41) is 9.39. The number of nitrogens with zero attached hydrogens (tertiary/aromatic N) is 1. The molecule has 2 unspecified atom stereocenters. The lowest BCUT2D eigenvalue weighted by Crippen LogP contribution is -2.51. The van der Waals surface area contributed by atoms with E-state index in [1.807, 2.05) is 31.2 Å². The Kier molecular flexibility index (Phi) is 4.39. The lowest BCUT2D eigenvalue weighted by molar-refractivity contribution is -0.153. The summed E-state index contributed by atoms with van der Waals surface area (Å²) in [6.45, 7) is 2.49. The van der Waals surface area contributed by atoms with Crippen molar-refractivity contribution in [2.24, 2.45) is 11.7 Å². The van der Waals surface area contributed by atoms with Gasteiger partial charge in [-0.1, -0.05) is 31.2 Å². The van der Waals surface area contributed by atoms with Gasteiger partial charge in [0, 0.05) is 19.5 Å². The summed E-state index contributed by atoms with van der Waals surface area (Å²) in [6, 6.07) is 6.87. The highest BCUT2D eigenvalue weighted by Gasteiger charge is 2.36. The zero-order valence-corrected chi connectivity index (χ0v) is 11.6. The van der Waals surface area contributed by atoms with Crippen LogP contribution in [-0.2, 0) is 22.6 Å². The van der Waals surface area contributed by atoms with Crippen LogP contribution in [0.1, 0.15) is 24.5 Å². The maximum Gasteiger partial charge on any atom is 0.326 e. The minimum absolute atomic E-state index is 0.156. The van der Waals surface area contributed by atoms with Crippen molar-refractivity contribution in [3.8, 4) is 0 Å². The highest BCUT2D eigenvalue weighted by atomic mass is 16.4. The van der Waals surface area contributed by atoms with Crippen LogP contribution in [0.25, 0.3) is 0 Å². The first-order valence-corrected chi connectivity index (χ1v) is 6.88. The molecule has 0 radical (unpaired) electrons. The molecule has 1 aromatic carbocycles. The van der Waals surface area contributed by atoms with Crippen molar-refractivity contribution >= 4 is 11.9 Å². The molecule has 0 fully saturated rings. The number of nitrogens with two attached hydrogens (primary N) is 1. The van der Waals surface area contributed by atoms with Gasteiger partial charge in [-0.25, -0.2) is 4.79 Å². The molecular formula is C15H20N2O3. The zero-order chi connectivity index (χ0) is 14.7. The van der Waals surface area contributed by atoms with Crippen molar-refractivity contribution in [1.82, 2.24) is 4.90 Å². The molecule has 0 saturated heterocycles. The van der Waals surface area contributed by atoms with Crippen LogP contribution in [0, 0.1) is 5.92 Å². The Balaban J connectivity index is 2.31. The van der Waals surface area contributed by atoms with E-state index < -0.39 is 12.0 Å². The van der Waals surface area contributed by atoms with Gasteiger partial charge in [0.1, 0.15) is 6.04 Å². The van der Waals surface area contributed by atoms with Crippen molar-refractivity contribution in [2.75, 3.05) is 6.54 Å². The Bertz CT molecular complexity index is 512. The maximum absolute atomic E-state index is 12.5. The zero-order valence-electron chi connectivity index (χ0n) is 11.6. The quantitative estimate of drug-likeness (QED) is 0.859. The number of carboxylic acid groups (broad SMARTS) is 1. The Morgan fingerprint density at radius 1 is 1.40 bits per heavy atom. The number of benzene rings is 1. The molecule has 3 N–H and O–H groups in total. The topological polar surface area (TPSA) is 83.6 Å². The fraction of sp³-hybridized carbons (Fsp3) is 0.467. The molecule has 0 aliphatic carbocycles. The molecule has 1 amide bonds. The van der Waals surface area contributed by atoms with E-state index in [2.05, 4.69) is 0 Å². The normalized spacial score (nSPS) is 19.3. The predicted molar refractivity (Wildman–Crippen MR) is 75.0 cm³/mol. The predicted octanol–water partition coefficient (Wildman–Crippen LogP) is 1.01. The van der Waals surface area contributed by atoms with E-state index in [4.69, 9.17) is 5.73 Å². The molecular weight excluding hydrogens is 256 g/mol. The fourth-order valence-electron chi connectivity index (χ4n) is 2.65. The minimum Gasteiger partial charge on any atom is -0.480 e. The molecule has 2 atom stereocenters. The van der Waals surface area contributed by atoms with Crippen molar-refractivity contribution in [3.63, 3.8) is 0 Å². The van der Waals surface area contributed by atoms with E-state index in [-0.39, 0.29) is 18.4 Å². The largest absolute Gasteiger partial charge is 0.480 e. The van der Waals surface area contributed by atoms with Crippen LogP contribution in [0.15, 0.2) is 24.3 Å². The van der Waals surface area contributed by atoms with E-state index in [1.165, 1.54) is 4.90 Å². The monoisotopic (exact) mass is 276 g/mol.